The highest BCUT2D eigenvalue weighted by Crippen LogP contribution is 2.44. The van der Waals surface area contributed by atoms with Crippen molar-refractivity contribution >= 4 is 17.5 Å². The van der Waals surface area contributed by atoms with Crippen LogP contribution < -0.4 is 9.47 Å². The van der Waals surface area contributed by atoms with Gasteiger partial charge in [-0.2, -0.15) is 0 Å². The van der Waals surface area contributed by atoms with Gasteiger partial charge in [-0.15, -0.1) is 0 Å². The van der Waals surface area contributed by atoms with Gasteiger partial charge in [0.25, 0.3) is 5.91 Å². The summed E-state index contributed by atoms with van der Waals surface area (Å²) in [6, 6.07) is 12.5. The Labute approximate surface area is 201 Å². The van der Waals surface area contributed by atoms with Crippen LogP contribution in [0.2, 0.25) is 5.02 Å². The molecule has 1 saturated carbocycles. The summed E-state index contributed by atoms with van der Waals surface area (Å²) in [4.78, 5) is 15.0. The van der Waals surface area contributed by atoms with Crippen molar-refractivity contribution in [3.05, 3.63) is 58.6 Å². The Morgan fingerprint density at radius 3 is 2.76 bits per heavy atom. The first-order chi connectivity index (χ1) is 16.3. The highest BCUT2D eigenvalue weighted by molar-refractivity contribution is 6.30. The van der Waals surface area contributed by atoms with Gasteiger partial charge in [0.15, 0.2) is 11.5 Å². The number of likely N-dealkylation sites (tertiary alicyclic amines) is 1. The van der Waals surface area contributed by atoms with Crippen LogP contribution in [-0.2, 0) is 15.1 Å². The Balaban J connectivity index is 1.27. The molecule has 9 heteroatoms. The van der Waals surface area contributed by atoms with E-state index in [1.54, 1.807) is 23.1 Å². The molecule has 1 aliphatic carbocycles. The van der Waals surface area contributed by atoms with Crippen molar-refractivity contribution < 1.29 is 32.5 Å². The number of hydrogen-bond donors (Lipinski definition) is 0. The molecule has 2 atom stereocenters. The minimum atomic E-state index is -2.58. The van der Waals surface area contributed by atoms with Crippen LogP contribution in [0, 0.1) is 5.92 Å². The third-order valence-electron chi connectivity index (χ3n) is 6.91. The summed E-state index contributed by atoms with van der Waals surface area (Å²) in [5.41, 5.74) is 0.769. The fraction of sp³-hybridized carbons (Fsp3) is 0.480. The number of alkyl halides is 2. The number of fused-ring (bicyclic) bond motifs is 1. The Hall–Kier alpha value is -2.42. The number of amides is 1. The number of carbonyl (C=O) groups is 1. The van der Waals surface area contributed by atoms with E-state index in [2.05, 4.69) is 0 Å². The largest absolute Gasteiger partial charge is 0.493 e. The van der Waals surface area contributed by atoms with E-state index in [1.165, 1.54) is 7.11 Å². The molecule has 5 rings (SSSR count). The summed E-state index contributed by atoms with van der Waals surface area (Å²) in [5.74, 6) is -2.09. The van der Waals surface area contributed by atoms with E-state index in [0.29, 0.717) is 41.6 Å². The Bertz CT molecular complexity index is 1080. The lowest BCUT2D eigenvalue weighted by atomic mass is 9.82. The van der Waals surface area contributed by atoms with Gasteiger partial charge in [0, 0.05) is 42.3 Å². The van der Waals surface area contributed by atoms with Gasteiger partial charge < -0.3 is 23.8 Å². The van der Waals surface area contributed by atoms with E-state index < -0.39 is 11.5 Å². The fourth-order valence-corrected chi connectivity index (χ4v) is 5.23. The van der Waals surface area contributed by atoms with Gasteiger partial charge in [-0.05, 0) is 35.9 Å². The smallest absolute Gasteiger partial charge is 0.254 e. The first-order valence-corrected chi connectivity index (χ1v) is 11.7. The summed E-state index contributed by atoms with van der Waals surface area (Å²) in [7, 11) is 1.48. The molecule has 182 valence electrons. The number of ether oxygens (including phenoxy) is 4. The predicted molar refractivity (Wildman–Crippen MR) is 121 cm³/mol. The van der Waals surface area contributed by atoms with Gasteiger partial charge in [-0.25, -0.2) is 8.78 Å². The van der Waals surface area contributed by atoms with E-state index >= 15 is 0 Å². The number of rotatable bonds is 6. The summed E-state index contributed by atoms with van der Waals surface area (Å²) >= 11 is 6.20. The molecule has 2 saturated heterocycles. The Kier molecular flexibility index (Phi) is 6.16. The fourth-order valence-electron chi connectivity index (χ4n) is 5.04. The monoisotopic (exact) mass is 493 g/mol. The zero-order chi connectivity index (χ0) is 23.9. The summed E-state index contributed by atoms with van der Waals surface area (Å²) in [6.45, 7) is 1.21. The SMILES string of the molecule is COc1cc(C(=O)N2CC[C@]3(c4cccc(Cl)c4)OCOC3C2)ccc1OCC1CC(F)(F)C1. The number of benzene rings is 2. The van der Waals surface area contributed by atoms with E-state index in [4.69, 9.17) is 30.5 Å². The second-order valence-electron chi connectivity index (χ2n) is 9.13. The number of hydrogen-bond acceptors (Lipinski definition) is 5. The number of methoxy groups -OCH3 is 1. The van der Waals surface area contributed by atoms with Gasteiger partial charge in [0.05, 0.1) is 20.3 Å². The molecule has 2 aliphatic heterocycles. The second kappa shape index (κ2) is 8.98. The highest BCUT2D eigenvalue weighted by Gasteiger charge is 2.51. The molecule has 6 nitrogen and oxygen atoms in total. The first-order valence-electron chi connectivity index (χ1n) is 11.3. The molecule has 2 heterocycles. The van der Waals surface area contributed by atoms with Crippen molar-refractivity contribution in [2.45, 2.75) is 36.9 Å². The number of piperidine rings is 1. The molecule has 3 fully saturated rings. The molecule has 2 aromatic rings. The molecule has 34 heavy (non-hydrogen) atoms. The van der Waals surface area contributed by atoms with Gasteiger partial charge in [-0.3, -0.25) is 4.79 Å². The van der Waals surface area contributed by atoms with Crippen LogP contribution in [0.15, 0.2) is 42.5 Å². The molecule has 1 amide bonds. The minimum Gasteiger partial charge on any atom is -0.493 e. The summed E-state index contributed by atoms with van der Waals surface area (Å²) in [6.07, 6.45) is -0.0583. The Morgan fingerprint density at radius 2 is 2.03 bits per heavy atom. The molecule has 0 N–H and O–H groups in total. The molecular formula is C25H26ClF2NO5. The van der Waals surface area contributed by atoms with Gasteiger partial charge in [0.2, 0.25) is 5.92 Å². The molecule has 2 aromatic carbocycles. The first kappa shape index (κ1) is 23.3. The zero-order valence-corrected chi connectivity index (χ0v) is 19.5. The van der Waals surface area contributed by atoms with Crippen LogP contribution in [-0.4, -0.2) is 56.4 Å². The lowest BCUT2D eigenvalue weighted by Gasteiger charge is -2.42. The lowest BCUT2D eigenvalue weighted by molar-refractivity contribution is -0.119. The van der Waals surface area contributed by atoms with Gasteiger partial charge in [0.1, 0.15) is 18.5 Å². The lowest BCUT2D eigenvalue weighted by Crippen LogP contribution is -2.53. The van der Waals surface area contributed by atoms with Crippen LogP contribution in [0.5, 0.6) is 11.5 Å². The number of nitrogens with zero attached hydrogens (tertiary/aromatic N) is 1. The van der Waals surface area contributed by atoms with Crippen molar-refractivity contribution in [1.82, 2.24) is 4.90 Å². The quantitative estimate of drug-likeness (QED) is 0.573. The maximum Gasteiger partial charge on any atom is 0.254 e. The van der Waals surface area contributed by atoms with Crippen LogP contribution in [0.1, 0.15) is 35.2 Å². The normalized spacial score (nSPS) is 26.0. The third-order valence-corrected chi connectivity index (χ3v) is 7.14. The standard InChI is InChI=1S/C25H26ClF2NO5/c1-31-21-9-17(5-6-20(21)32-14-16-11-24(27,28)12-16)23(30)29-8-7-25(22(13-29)33-15-34-25)18-3-2-4-19(26)10-18/h2-6,9-10,16,22H,7-8,11-15H2,1H3/t22?,25-/m1/s1. The van der Waals surface area contributed by atoms with Crippen molar-refractivity contribution in [2.24, 2.45) is 5.92 Å². The minimum absolute atomic E-state index is 0.154. The zero-order valence-electron chi connectivity index (χ0n) is 18.8. The second-order valence-corrected chi connectivity index (χ2v) is 9.56. The summed E-state index contributed by atoms with van der Waals surface area (Å²) in [5, 5.41) is 0.625. The average Bonchev–Trinajstić information content (AvgIpc) is 3.25. The maximum absolute atomic E-state index is 13.3. The van der Waals surface area contributed by atoms with Crippen molar-refractivity contribution in [2.75, 3.05) is 33.6 Å². The van der Waals surface area contributed by atoms with Crippen LogP contribution >= 0.6 is 11.6 Å². The number of halogens is 3. The molecule has 1 unspecified atom stereocenters. The van der Waals surface area contributed by atoms with E-state index in [0.717, 1.165) is 5.56 Å². The van der Waals surface area contributed by atoms with Crippen LogP contribution in [0.25, 0.3) is 0 Å². The topological polar surface area (TPSA) is 57.2 Å². The van der Waals surface area contributed by atoms with E-state index in [9.17, 15) is 13.6 Å². The molecular weight excluding hydrogens is 468 g/mol. The highest BCUT2D eigenvalue weighted by atomic mass is 35.5. The number of carbonyl (C=O) groups excluding carboxylic acids is 1. The van der Waals surface area contributed by atoms with Crippen molar-refractivity contribution in [3.63, 3.8) is 0 Å². The van der Waals surface area contributed by atoms with Crippen molar-refractivity contribution in [3.8, 4) is 11.5 Å². The van der Waals surface area contributed by atoms with Gasteiger partial charge >= 0.3 is 0 Å². The van der Waals surface area contributed by atoms with E-state index in [1.807, 2.05) is 24.3 Å². The summed E-state index contributed by atoms with van der Waals surface area (Å²) < 4.78 is 49.1. The predicted octanol–water partition coefficient (Wildman–Crippen LogP) is 4.89. The molecule has 3 aliphatic rings. The van der Waals surface area contributed by atoms with Crippen LogP contribution in [0.4, 0.5) is 8.78 Å². The third kappa shape index (κ3) is 4.34. The van der Waals surface area contributed by atoms with E-state index in [-0.39, 0.29) is 44.2 Å². The van der Waals surface area contributed by atoms with Gasteiger partial charge in [-0.1, -0.05) is 23.7 Å². The maximum atomic E-state index is 13.3. The molecule has 0 bridgehead atoms. The molecule has 0 spiro atoms. The van der Waals surface area contributed by atoms with Crippen molar-refractivity contribution in [1.29, 1.82) is 0 Å². The molecule has 0 aromatic heterocycles. The van der Waals surface area contributed by atoms with Crippen LogP contribution in [0.3, 0.4) is 0 Å². The molecule has 0 radical (unpaired) electrons. The Morgan fingerprint density at radius 1 is 1.21 bits per heavy atom. The average molecular weight is 494 g/mol.